The second kappa shape index (κ2) is 5.97. The van der Waals surface area contributed by atoms with Gasteiger partial charge in [0.2, 0.25) is 0 Å². The Kier molecular flexibility index (Phi) is 4.61. The molecule has 0 aromatic rings. The smallest absolute Gasteiger partial charge is 0.438 e. The van der Waals surface area contributed by atoms with Crippen molar-refractivity contribution in [3.8, 4) is 0 Å². The van der Waals surface area contributed by atoms with E-state index in [1.54, 1.807) is 0 Å². The second-order valence-electron chi connectivity index (χ2n) is 8.40. The van der Waals surface area contributed by atoms with Crippen molar-refractivity contribution in [1.82, 2.24) is 0 Å². The Bertz CT molecular complexity index is 745. The van der Waals surface area contributed by atoms with Gasteiger partial charge in [-0.2, -0.15) is 34.8 Å². The summed E-state index contributed by atoms with van der Waals surface area (Å²) in [6.45, 7) is 0. The number of rotatable bonds is 4. The minimum Gasteiger partial charge on any atom is -0.438 e. The highest BCUT2D eigenvalue weighted by atomic mass is 32.2. The summed E-state index contributed by atoms with van der Waals surface area (Å²) in [4.78, 5) is 12.6. The lowest BCUT2D eigenvalue weighted by atomic mass is 9.48. The first-order valence-corrected chi connectivity index (χ1v) is 10.1. The summed E-state index contributed by atoms with van der Waals surface area (Å²) in [5, 5.41) is 10.5. The van der Waals surface area contributed by atoms with Crippen LogP contribution in [0, 0.1) is 17.3 Å². The van der Waals surface area contributed by atoms with E-state index in [1.807, 2.05) is 0 Å². The molecule has 4 saturated carbocycles. The van der Waals surface area contributed by atoms with Crippen LogP contribution < -0.4 is 0 Å². The Morgan fingerprint density at radius 1 is 1.00 bits per heavy atom. The van der Waals surface area contributed by atoms with Crippen molar-refractivity contribution in [2.75, 3.05) is 5.75 Å². The van der Waals surface area contributed by atoms with Crippen molar-refractivity contribution < 1.29 is 54.0 Å². The van der Waals surface area contributed by atoms with Gasteiger partial charge in [0.05, 0.1) is 11.0 Å². The molecule has 4 bridgehead atoms. The average Bonchev–Trinajstić information content (AvgIpc) is 2.39. The predicted molar refractivity (Wildman–Crippen MR) is 79.4 cm³/mol. The number of hydrogen-bond donors (Lipinski definition) is 2. The third-order valence-corrected chi connectivity index (χ3v) is 6.80. The second-order valence-corrected chi connectivity index (χ2v) is 9.86. The predicted octanol–water partition coefficient (Wildman–Crippen LogP) is 2.61. The van der Waals surface area contributed by atoms with Gasteiger partial charge in [-0.1, -0.05) is 0 Å². The van der Waals surface area contributed by atoms with Gasteiger partial charge in [0.15, 0.2) is 0 Å². The zero-order valence-electron chi connectivity index (χ0n) is 14.3. The van der Waals surface area contributed by atoms with Crippen molar-refractivity contribution in [3.05, 3.63) is 0 Å². The Morgan fingerprint density at radius 2 is 1.46 bits per heavy atom. The van der Waals surface area contributed by atoms with E-state index in [4.69, 9.17) is 4.55 Å². The monoisotopic (exact) mass is 440 g/mol. The van der Waals surface area contributed by atoms with Gasteiger partial charge in [-0.15, -0.1) is 0 Å². The molecule has 13 heteroatoms. The van der Waals surface area contributed by atoms with Crippen molar-refractivity contribution >= 4 is 16.1 Å². The molecule has 0 aliphatic heterocycles. The Morgan fingerprint density at radius 3 is 1.82 bits per heavy atom. The fourth-order valence-corrected chi connectivity index (χ4v) is 6.35. The number of aliphatic hydroxyl groups is 1. The molecule has 4 aliphatic carbocycles. The van der Waals surface area contributed by atoms with Crippen LogP contribution in [0.2, 0.25) is 0 Å². The molecule has 2 atom stereocenters. The normalized spacial score (nSPS) is 35.9. The summed E-state index contributed by atoms with van der Waals surface area (Å²) in [6, 6.07) is 0. The van der Waals surface area contributed by atoms with Gasteiger partial charge in [-0.3, -0.25) is 9.35 Å². The lowest BCUT2D eigenvalue weighted by molar-refractivity contribution is -0.364. The van der Waals surface area contributed by atoms with Crippen molar-refractivity contribution in [3.63, 3.8) is 0 Å². The first-order chi connectivity index (χ1) is 12.4. The summed E-state index contributed by atoms with van der Waals surface area (Å²) in [5.74, 6) is -5.23. The van der Waals surface area contributed by atoms with Gasteiger partial charge in [0.25, 0.3) is 10.1 Å². The van der Waals surface area contributed by atoms with Gasteiger partial charge in [-0.05, 0) is 50.4 Å². The van der Waals surface area contributed by atoms with Gasteiger partial charge in [0.1, 0.15) is 5.75 Å². The van der Waals surface area contributed by atoms with Crippen molar-refractivity contribution in [1.29, 1.82) is 0 Å². The molecule has 0 saturated heterocycles. The van der Waals surface area contributed by atoms with Crippen LogP contribution in [0.1, 0.15) is 38.5 Å². The number of esters is 1. The minimum atomic E-state index is -6.35. The lowest BCUT2D eigenvalue weighted by Crippen LogP contribution is -2.66. The average molecular weight is 440 g/mol. The molecule has 0 aromatic carbocycles. The van der Waals surface area contributed by atoms with E-state index in [-0.39, 0.29) is 31.1 Å². The highest BCUT2D eigenvalue weighted by molar-refractivity contribution is 7.85. The Balaban J connectivity index is 2.00. The molecule has 0 aromatic heterocycles. The third-order valence-electron chi connectivity index (χ3n) is 6.03. The number of carbonyl (C=O) groups is 1. The maximum absolute atomic E-state index is 13.4. The van der Waals surface area contributed by atoms with Crippen molar-refractivity contribution in [2.24, 2.45) is 17.3 Å². The highest BCUT2D eigenvalue weighted by Crippen LogP contribution is 2.62. The number of alkyl halides is 6. The summed E-state index contributed by atoms with van der Waals surface area (Å²) in [7, 11) is -5.83. The lowest BCUT2D eigenvalue weighted by Gasteiger charge is -2.59. The summed E-state index contributed by atoms with van der Waals surface area (Å²) in [5.41, 5.74) is -8.53. The molecule has 0 heterocycles. The molecule has 4 rings (SSSR count). The maximum Gasteiger partial charge on any atom is 0.438 e. The van der Waals surface area contributed by atoms with Crippen LogP contribution in [-0.2, 0) is 19.6 Å². The van der Waals surface area contributed by atoms with E-state index in [0.29, 0.717) is 19.3 Å². The molecular formula is C15H18F6O6S. The van der Waals surface area contributed by atoms with Gasteiger partial charge in [0, 0.05) is 0 Å². The van der Waals surface area contributed by atoms with E-state index in [2.05, 4.69) is 4.74 Å². The van der Waals surface area contributed by atoms with E-state index in [0.717, 1.165) is 0 Å². The fourth-order valence-electron chi connectivity index (χ4n) is 5.45. The number of hydrogen-bond acceptors (Lipinski definition) is 5. The summed E-state index contributed by atoms with van der Waals surface area (Å²) < 4.78 is 115. The number of halogens is 6. The number of ether oxygens (including phenoxy) is 1. The fraction of sp³-hybridized carbons (Fsp3) is 0.933. The van der Waals surface area contributed by atoms with Crippen molar-refractivity contribution in [2.45, 2.75) is 62.1 Å². The maximum atomic E-state index is 13.4. The molecule has 0 amide bonds. The molecule has 6 nitrogen and oxygen atoms in total. The molecule has 162 valence electrons. The van der Waals surface area contributed by atoms with Crippen LogP contribution in [0.3, 0.4) is 0 Å². The largest absolute Gasteiger partial charge is 0.438 e. The van der Waals surface area contributed by atoms with Gasteiger partial charge < -0.3 is 9.84 Å². The van der Waals surface area contributed by atoms with Gasteiger partial charge in [-0.25, -0.2) is 0 Å². The molecule has 4 fully saturated rings. The molecule has 28 heavy (non-hydrogen) atoms. The van der Waals surface area contributed by atoms with Crippen LogP contribution in [0.5, 0.6) is 0 Å². The highest BCUT2D eigenvalue weighted by Gasteiger charge is 2.77. The molecular weight excluding hydrogens is 422 g/mol. The molecule has 2 unspecified atom stereocenters. The zero-order valence-corrected chi connectivity index (χ0v) is 15.1. The Labute approximate surface area is 156 Å². The quantitative estimate of drug-likeness (QED) is 0.396. The third kappa shape index (κ3) is 3.49. The molecule has 0 radical (unpaired) electrons. The Hall–Kier alpha value is -1.08. The molecule has 4 aliphatic rings. The molecule has 0 spiro atoms. The van der Waals surface area contributed by atoms with E-state index >= 15 is 0 Å². The molecule has 2 N–H and O–H groups in total. The summed E-state index contributed by atoms with van der Waals surface area (Å²) in [6.07, 6.45) is -11.9. The minimum absolute atomic E-state index is 0.0394. The topological polar surface area (TPSA) is 101 Å². The first kappa shape index (κ1) is 21.6. The van der Waals surface area contributed by atoms with Crippen LogP contribution in [0.25, 0.3) is 0 Å². The zero-order chi connectivity index (χ0) is 21.4. The standard InChI is InChI=1S/C15H18F6O6S/c16-14(17,18)13(15(19,20)21,7-28(24,25)26)27-10(22)11-2-8-1-9(3-11)5-12(23,4-8)6-11/h8-9,23H,1-7H2,(H,24,25,26). The van der Waals surface area contributed by atoms with Gasteiger partial charge >= 0.3 is 23.9 Å². The van der Waals surface area contributed by atoms with E-state index in [1.165, 1.54) is 0 Å². The van der Waals surface area contributed by atoms with Crippen LogP contribution >= 0.6 is 0 Å². The van der Waals surface area contributed by atoms with Crippen LogP contribution in [0.4, 0.5) is 26.3 Å². The van der Waals surface area contributed by atoms with E-state index in [9.17, 15) is 44.7 Å². The number of carbonyl (C=O) groups excluding carboxylic acids is 1. The first-order valence-electron chi connectivity index (χ1n) is 8.45. The van der Waals surface area contributed by atoms with Crippen LogP contribution in [0.15, 0.2) is 0 Å². The SMILES string of the molecule is O=C(OC(CS(=O)(=O)O)(C(F)(F)F)C(F)(F)F)C12CC3CC(CC(O)(C3)C1)C2. The van der Waals surface area contributed by atoms with E-state index < -0.39 is 50.8 Å². The van der Waals surface area contributed by atoms with Crippen LogP contribution in [-0.4, -0.2) is 53.4 Å². The summed E-state index contributed by atoms with van der Waals surface area (Å²) >= 11 is 0.